The first-order valence-electron chi connectivity index (χ1n) is 12.8. The van der Waals surface area contributed by atoms with Crippen LogP contribution in [-0.2, 0) is 0 Å². The smallest absolute Gasteiger partial charge is 0.123 e. The van der Waals surface area contributed by atoms with E-state index in [1.807, 2.05) is 0 Å². The van der Waals surface area contributed by atoms with Crippen LogP contribution in [0.5, 0.6) is 0 Å². The SMILES string of the molecule is CCCC1(C(C)=NC(=N)C2CC2)CCC(CNc2cccc(C3=CN=C(C4CC4)C3)c2)C1. The van der Waals surface area contributed by atoms with Crippen LogP contribution >= 0.6 is 0 Å². The quantitative estimate of drug-likeness (QED) is 0.318. The molecular weight excluding hydrogens is 392 g/mol. The van der Waals surface area contributed by atoms with Crippen LogP contribution in [0.25, 0.3) is 5.57 Å². The van der Waals surface area contributed by atoms with E-state index in [4.69, 9.17) is 10.4 Å². The minimum absolute atomic E-state index is 0.204. The van der Waals surface area contributed by atoms with Crippen molar-refractivity contribution in [1.82, 2.24) is 0 Å². The van der Waals surface area contributed by atoms with E-state index in [1.54, 1.807) is 0 Å². The van der Waals surface area contributed by atoms with E-state index in [-0.39, 0.29) is 5.41 Å². The molecule has 170 valence electrons. The number of benzene rings is 1. The number of nitrogens with zero attached hydrogens (tertiary/aromatic N) is 2. The highest BCUT2D eigenvalue weighted by atomic mass is 14.9. The Labute approximate surface area is 193 Å². The zero-order valence-corrected chi connectivity index (χ0v) is 19.8. The fourth-order valence-corrected chi connectivity index (χ4v) is 5.76. The van der Waals surface area contributed by atoms with Gasteiger partial charge in [-0.15, -0.1) is 0 Å². The first kappa shape index (κ1) is 21.6. The van der Waals surface area contributed by atoms with Gasteiger partial charge in [0.05, 0.1) is 0 Å². The van der Waals surface area contributed by atoms with Crippen molar-refractivity contribution in [2.24, 2.45) is 33.2 Å². The van der Waals surface area contributed by atoms with Crippen LogP contribution < -0.4 is 5.32 Å². The van der Waals surface area contributed by atoms with Gasteiger partial charge in [-0.3, -0.25) is 10.4 Å². The van der Waals surface area contributed by atoms with Crippen molar-refractivity contribution >= 4 is 28.5 Å². The van der Waals surface area contributed by atoms with Crippen molar-refractivity contribution in [3.8, 4) is 0 Å². The van der Waals surface area contributed by atoms with Crippen molar-refractivity contribution in [3.05, 3.63) is 36.0 Å². The number of aliphatic imine (C=N–C) groups is 2. The van der Waals surface area contributed by atoms with Gasteiger partial charge in [-0.1, -0.05) is 25.5 Å². The van der Waals surface area contributed by atoms with Gasteiger partial charge in [0, 0.05) is 47.6 Å². The molecule has 1 aromatic rings. The predicted octanol–water partition coefficient (Wildman–Crippen LogP) is 7.13. The van der Waals surface area contributed by atoms with Gasteiger partial charge in [-0.05, 0) is 93.4 Å². The van der Waals surface area contributed by atoms with E-state index < -0.39 is 0 Å². The Bertz CT molecular complexity index is 963. The number of amidine groups is 1. The molecule has 0 spiro atoms. The Kier molecular flexibility index (Phi) is 6.05. The van der Waals surface area contributed by atoms with Crippen molar-refractivity contribution in [3.63, 3.8) is 0 Å². The molecule has 0 radical (unpaired) electrons. The summed E-state index contributed by atoms with van der Waals surface area (Å²) in [6.45, 7) is 5.50. The van der Waals surface area contributed by atoms with Crippen LogP contribution in [0.1, 0.15) is 83.6 Å². The van der Waals surface area contributed by atoms with E-state index in [1.165, 1.54) is 73.2 Å². The fraction of sp³-hybridized carbons (Fsp3) is 0.607. The molecule has 0 saturated heterocycles. The van der Waals surface area contributed by atoms with Crippen LogP contribution in [-0.4, -0.2) is 23.8 Å². The number of nitrogens with one attached hydrogen (secondary N) is 2. The maximum atomic E-state index is 8.28. The molecule has 2 atom stereocenters. The first-order valence-corrected chi connectivity index (χ1v) is 12.8. The lowest BCUT2D eigenvalue weighted by molar-refractivity contribution is 0.375. The molecule has 4 aliphatic rings. The molecule has 1 aromatic carbocycles. The molecule has 2 unspecified atom stereocenters. The number of hydrogen-bond donors (Lipinski definition) is 2. The molecule has 2 N–H and O–H groups in total. The zero-order chi connectivity index (χ0) is 22.1. The van der Waals surface area contributed by atoms with Crippen molar-refractivity contribution in [2.45, 2.75) is 78.1 Å². The van der Waals surface area contributed by atoms with Gasteiger partial charge < -0.3 is 5.32 Å². The summed E-state index contributed by atoms with van der Waals surface area (Å²) in [5.41, 5.74) is 6.71. The molecule has 3 fully saturated rings. The third-order valence-corrected chi connectivity index (χ3v) is 8.09. The summed E-state index contributed by atoms with van der Waals surface area (Å²) in [4.78, 5) is 9.49. The third-order valence-electron chi connectivity index (χ3n) is 8.09. The molecule has 1 heterocycles. The molecular formula is C28H38N4. The molecule has 5 rings (SSSR count). The lowest BCUT2D eigenvalue weighted by Gasteiger charge is -2.29. The maximum Gasteiger partial charge on any atom is 0.123 e. The van der Waals surface area contributed by atoms with Gasteiger partial charge in [0.2, 0.25) is 0 Å². The predicted molar refractivity (Wildman–Crippen MR) is 136 cm³/mol. The normalized spacial score (nSPS) is 27.9. The summed E-state index contributed by atoms with van der Waals surface area (Å²) >= 11 is 0. The Balaban J connectivity index is 1.19. The van der Waals surface area contributed by atoms with E-state index in [2.05, 4.69) is 54.6 Å². The second-order valence-electron chi connectivity index (χ2n) is 10.7. The van der Waals surface area contributed by atoms with Crippen LogP contribution in [0, 0.1) is 28.6 Å². The second kappa shape index (κ2) is 8.96. The molecule has 0 bridgehead atoms. The van der Waals surface area contributed by atoms with E-state index in [0.29, 0.717) is 17.7 Å². The zero-order valence-electron chi connectivity index (χ0n) is 19.8. The monoisotopic (exact) mass is 430 g/mol. The highest BCUT2D eigenvalue weighted by Crippen LogP contribution is 2.47. The van der Waals surface area contributed by atoms with Gasteiger partial charge in [0.25, 0.3) is 0 Å². The summed E-state index contributed by atoms with van der Waals surface area (Å²) in [6.07, 6.45) is 14.1. The van der Waals surface area contributed by atoms with Crippen molar-refractivity contribution < 1.29 is 0 Å². The van der Waals surface area contributed by atoms with Gasteiger partial charge in [0.1, 0.15) is 5.84 Å². The van der Waals surface area contributed by atoms with Crippen LogP contribution in [0.4, 0.5) is 5.69 Å². The molecule has 4 heteroatoms. The Morgan fingerprint density at radius 3 is 2.81 bits per heavy atom. The highest BCUT2D eigenvalue weighted by Gasteiger charge is 2.41. The Morgan fingerprint density at radius 2 is 2.06 bits per heavy atom. The number of hydrogen-bond acceptors (Lipinski definition) is 3. The Hall–Kier alpha value is -2.23. The molecule has 4 nitrogen and oxygen atoms in total. The second-order valence-corrected chi connectivity index (χ2v) is 10.7. The average Bonchev–Trinajstić information content (AvgIpc) is 3.73. The van der Waals surface area contributed by atoms with E-state index in [9.17, 15) is 0 Å². The van der Waals surface area contributed by atoms with Gasteiger partial charge >= 0.3 is 0 Å². The maximum absolute atomic E-state index is 8.28. The topological polar surface area (TPSA) is 60.6 Å². The third kappa shape index (κ3) is 4.74. The first-order chi connectivity index (χ1) is 15.6. The molecule has 3 aliphatic carbocycles. The minimum Gasteiger partial charge on any atom is -0.385 e. The summed E-state index contributed by atoms with van der Waals surface area (Å²) in [6, 6.07) is 8.89. The molecule has 0 aromatic heterocycles. The molecule has 0 amide bonds. The fourth-order valence-electron chi connectivity index (χ4n) is 5.76. The number of rotatable bonds is 9. The summed E-state index contributed by atoms with van der Waals surface area (Å²) in [7, 11) is 0. The molecule has 3 saturated carbocycles. The highest BCUT2D eigenvalue weighted by molar-refractivity contribution is 6.01. The largest absolute Gasteiger partial charge is 0.385 e. The van der Waals surface area contributed by atoms with Crippen LogP contribution in [0.3, 0.4) is 0 Å². The van der Waals surface area contributed by atoms with Gasteiger partial charge in [0.15, 0.2) is 0 Å². The summed E-state index contributed by atoms with van der Waals surface area (Å²) in [5, 5.41) is 12.0. The lowest BCUT2D eigenvalue weighted by atomic mass is 9.77. The van der Waals surface area contributed by atoms with Crippen LogP contribution in [0.2, 0.25) is 0 Å². The minimum atomic E-state index is 0.204. The van der Waals surface area contributed by atoms with Crippen molar-refractivity contribution in [1.29, 1.82) is 5.41 Å². The Morgan fingerprint density at radius 1 is 1.22 bits per heavy atom. The van der Waals surface area contributed by atoms with E-state index >= 15 is 0 Å². The summed E-state index contributed by atoms with van der Waals surface area (Å²) < 4.78 is 0. The van der Waals surface area contributed by atoms with Gasteiger partial charge in [-0.2, -0.15) is 0 Å². The number of anilines is 1. The standard InChI is InChI=1S/C28H38N4/c1-3-12-28(19(2)32-27(29)22-9-10-22)13-11-20(16-28)17-30-25-6-4-5-23(14-25)24-15-26(31-18-24)21-7-8-21/h4-6,14,18,20-22,29-30H,3,7-13,15-17H2,1-2H3. The lowest BCUT2D eigenvalue weighted by Crippen LogP contribution is -2.28. The van der Waals surface area contributed by atoms with E-state index in [0.717, 1.165) is 31.7 Å². The molecule has 32 heavy (non-hydrogen) atoms. The van der Waals surface area contributed by atoms with Crippen LogP contribution in [0.15, 0.2) is 40.5 Å². The average molecular weight is 431 g/mol. The molecule has 1 aliphatic heterocycles. The van der Waals surface area contributed by atoms with Crippen molar-refractivity contribution in [2.75, 3.05) is 11.9 Å². The number of allylic oxidation sites excluding steroid dienone is 1. The summed E-state index contributed by atoms with van der Waals surface area (Å²) in [5.74, 6) is 2.50. The van der Waals surface area contributed by atoms with Gasteiger partial charge in [-0.25, -0.2) is 4.99 Å².